The normalized spacial score (nSPS) is 7.85. The minimum atomic E-state index is 0. The molecule has 0 atom stereocenters. The third-order valence-electron chi connectivity index (χ3n) is 1.68. The molecule has 0 amide bonds. The van der Waals surface area contributed by atoms with Crippen molar-refractivity contribution in [2.75, 3.05) is 0 Å². The number of hydrogen-bond acceptors (Lipinski definition) is 0. The molecule has 0 unspecified atom stereocenters. The van der Waals surface area contributed by atoms with Crippen LogP contribution in [0.3, 0.4) is 0 Å². The average molecular weight is 324 g/mol. The molecule has 66 valence electrons. The first-order chi connectivity index (χ1) is 5.36. The van der Waals surface area contributed by atoms with Gasteiger partial charge in [-0.2, -0.15) is 48.2 Å². The third kappa shape index (κ3) is 6.28. The van der Waals surface area contributed by atoms with Crippen LogP contribution in [0.4, 0.5) is 0 Å². The summed E-state index contributed by atoms with van der Waals surface area (Å²) in [5.41, 5.74) is 2.62. The first kappa shape index (κ1) is 16.6. The second-order valence-electron chi connectivity index (χ2n) is 2.57. The average Bonchev–Trinajstić information content (AvgIpc) is 2.06. The summed E-state index contributed by atoms with van der Waals surface area (Å²) < 4.78 is 0. The maximum Gasteiger partial charge on any atom is 0 e. The molecule has 0 spiro atoms. The van der Waals surface area contributed by atoms with E-state index in [0.717, 1.165) is 6.42 Å². The van der Waals surface area contributed by atoms with Crippen molar-refractivity contribution in [2.24, 2.45) is 0 Å². The first-order valence-electron chi connectivity index (χ1n) is 4.09. The van der Waals surface area contributed by atoms with Crippen LogP contribution in [0.1, 0.15) is 31.4 Å². The zero-order valence-corrected chi connectivity index (χ0v) is 14.0. The van der Waals surface area contributed by atoms with Crippen LogP contribution in [0.2, 0.25) is 0 Å². The summed E-state index contributed by atoms with van der Waals surface area (Å²) in [4.78, 5) is 0. The smallest absolute Gasteiger partial charge is 0 e. The molecule has 1 rings (SSSR count). The van der Waals surface area contributed by atoms with Crippen LogP contribution in [0.25, 0.3) is 0 Å². The van der Waals surface area contributed by atoms with E-state index in [-0.39, 0.29) is 65.4 Å². The monoisotopic (exact) mass is 324 g/mol. The third-order valence-corrected chi connectivity index (χ3v) is 1.68. The molecule has 0 aliphatic heterocycles. The van der Waals surface area contributed by atoms with Gasteiger partial charge in [0, 0.05) is 65.4 Å². The van der Waals surface area contributed by atoms with Gasteiger partial charge in [0.2, 0.25) is 0 Å². The van der Waals surface area contributed by atoms with Crippen LogP contribution in [0.5, 0.6) is 0 Å². The van der Waals surface area contributed by atoms with Gasteiger partial charge in [0.05, 0.1) is 0 Å². The summed E-state index contributed by atoms with van der Waals surface area (Å²) in [5.74, 6) is 0. The van der Waals surface area contributed by atoms with E-state index >= 15 is 0 Å². The Morgan fingerprint density at radius 3 is 2.31 bits per heavy atom. The van der Waals surface area contributed by atoms with Gasteiger partial charge in [0.25, 0.3) is 0 Å². The molecule has 1 aromatic rings. The predicted octanol–water partition coefficient (Wildman–Crippen LogP) is 3.22. The second-order valence-corrected chi connectivity index (χ2v) is 2.57. The first-order valence-corrected chi connectivity index (χ1v) is 4.09. The quantitative estimate of drug-likeness (QED) is 0.749. The fourth-order valence-electron chi connectivity index (χ4n) is 1.10. The maximum atomic E-state index is 2.23. The Hall–Kier alpha value is 1.17. The Morgan fingerprint density at radius 2 is 1.77 bits per heavy atom. The molecule has 0 heterocycles. The van der Waals surface area contributed by atoms with Gasteiger partial charge in [0.1, 0.15) is 0 Å². The Bertz CT molecular complexity index is 221. The molecule has 0 nitrogen and oxygen atoms in total. The zero-order chi connectivity index (χ0) is 8.10. The molecule has 1 aromatic carbocycles. The molecule has 0 aromatic heterocycles. The summed E-state index contributed by atoms with van der Waals surface area (Å²) in [5, 5.41) is 0. The Labute approximate surface area is 132 Å². The van der Waals surface area contributed by atoms with Gasteiger partial charge in [-0.05, 0) is 0 Å². The summed E-state index contributed by atoms with van der Waals surface area (Å²) >= 11 is 0. The largest absolute Gasteiger partial charge is 0.195 e. The van der Waals surface area contributed by atoms with Crippen LogP contribution in [0.15, 0.2) is 24.3 Å². The van der Waals surface area contributed by atoms with E-state index in [2.05, 4.69) is 51.0 Å². The fourth-order valence-corrected chi connectivity index (χ4v) is 1.10. The minimum Gasteiger partial charge on any atom is -0.195 e. The van der Waals surface area contributed by atoms with E-state index < -0.39 is 0 Å². The maximum absolute atomic E-state index is 2.23. The molecule has 2 heteroatoms. The predicted molar refractivity (Wildman–Crippen MR) is 49.2 cm³/mol. The number of rotatable bonds is 3. The molecule has 0 saturated carbocycles. The summed E-state index contributed by atoms with van der Waals surface area (Å²) in [7, 11) is 0. The van der Waals surface area contributed by atoms with Gasteiger partial charge < -0.3 is 0 Å². The molecule has 0 N–H and O–H groups in total. The topological polar surface area (TPSA) is 0 Å². The van der Waals surface area contributed by atoms with Gasteiger partial charge in [-0.3, -0.25) is 0 Å². The van der Waals surface area contributed by atoms with Crippen LogP contribution in [-0.2, 0) is 65.4 Å². The SMILES string of the molecule is C[CH-]c1cccc([CH-]CC)c1.[Y].[Y]. The Balaban J connectivity index is 0. The molecule has 2 radical (unpaired) electrons. The van der Waals surface area contributed by atoms with Gasteiger partial charge in [0.15, 0.2) is 0 Å². The standard InChI is InChI=1S/C11H14.2Y/c1-3-6-11-8-5-7-10(4-2)9-11;;/h4-9H,3H2,1-2H3;;/q-2;;. The zero-order valence-electron chi connectivity index (χ0n) is 8.33. The van der Waals surface area contributed by atoms with Gasteiger partial charge in [-0.15, -0.1) is 0 Å². The van der Waals surface area contributed by atoms with Gasteiger partial charge in [-0.1, -0.05) is 20.3 Å². The second kappa shape index (κ2) is 9.71. The molecular formula is C11H14Y2-2. The van der Waals surface area contributed by atoms with E-state index in [1.165, 1.54) is 11.1 Å². The van der Waals surface area contributed by atoms with E-state index in [9.17, 15) is 0 Å². The Kier molecular flexibility index (Phi) is 12.4. The van der Waals surface area contributed by atoms with Crippen molar-refractivity contribution in [3.05, 3.63) is 48.2 Å². The number of hydrogen-bond donors (Lipinski definition) is 0. The van der Waals surface area contributed by atoms with Crippen molar-refractivity contribution in [3.63, 3.8) is 0 Å². The van der Waals surface area contributed by atoms with Crippen molar-refractivity contribution in [1.29, 1.82) is 0 Å². The fraction of sp³-hybridized carbons (Fsp3) is 0.273. The molecule has 0 aliphatic rings. The van der Waals surface area contributed by atoms with E-state index in [4.69, 9.17) is 0 Å². The molecule has 0 aliphatic carbocycles. The minimum absolute atomic E-state index is 0. The summed E-state index contributed by atoms with van der Waals surface area (Å²) in [6.07, 6.45) is 5.45. The van der Waals surface area contributed by atoms with Crippen LogP contribution < -0.4 is 0 Å². The van der Waals surface area contributed by atoms with Crippen molar-refractivity contribution in [3.8, 4) is 0 Å². The van der Waals surface area contributed by atoms with Crippen molar-refractivity contribution < 1.29 is 65.4 Å². The van der Waals surface area contributed by atoms with Crippen LogP contribution in [0, 0.1) is 12.8 Å². The van der Waals surface area contributed by atoms with Crippen molar-refractivity contribution in [2.45, 2.75) is 20.3 Å². The van der Waals surface area contributed by atoms with E-state index in [0.29, 0.717) is 0 Å². The van der Waals surface area contributed by atoms with E-state index in [1.54, 1.807) is 0 Å². The molecule has 0 fully saturated rings. The molecule has 0 saturated heterocycles. The van der Waals surface area contributed by atoms with Gasteiger partial charge in [-0.25, -0.2) is 0 Å². The van der Waals surface area contributed by atoms with Crippen molar-refractivity contribution in [1.82, 2.24) is 0 Å². The summed E-state index contributed by atoms with van der Waals surface area (Å²) in [6.45, 7) is 4.22. The molecule has 13 heavy (non-hydrogen) atoms. The van der Waals surface area contributed by atoms with Crippen molar-refractivity contribution >= 4 is 0 Å². The van der Waals surface area contributed by atoms with Gasteiger partial charge >= 0.3 is 0 Å². The molecule has 0 bridgehead atoms. The van der Waals surface area contributed by atoms with Crippen LogP contribution >= 0.6 is 0 Å². The summed E-state index contributed by atoms with van der Waals surface area (Å²) in [6, 6.07) is 8.55. The number of benzene rings is 1. The van der Waals surface area contributed by atoms with E-state index in [1.807, 2.05) is 0 Å². The Morgan fingerprint density at radius 1 is 1.15 bits per heavy atom. The van der Waals surface area contributed by atoms with Crippen LogP contribution in [-0.4, -0.2) is 0 Å². The molecular weight excluding hydrogens is 310 g/mol.